The molecule has 0 saturated heterocycles. The summed E-state index contributed by atoms with van der Waals surface area (Å²) in [5, 5.41) is 4.69. The zero-order valence-electron chi connectivity index (χ0n) is 12.8. The smallest absolute Gasteiger partial charge is 0.0499 e. The fourth-order valence-corrected chi connectivity index (χ4v) is 3.07. The lowest BCUT2D eigenvalue weighted by molar-refractivity contribution is 0.483. The van der Waals surface area contributed by atoms with Gasteiger partial charge in [0, 0.05) is 35.4 Å². The van der Waals surface area contributed by atoms with Crippen LogP contribution in [0.4, 0.5) is 5.69 Å². The number of halogens is 3. The van der Waals surface area contributed by atoms with Crippen LogP contribution in [0.5, 0.6) is 0 Å². The highest BCUT2D eigenvalue weighted by molar-refractivity contribution is 6.35. The van der Waals surface area contributed by atoms with E-state index in [9.17, 15) is 0 Å². The van der Waals surface area contributed by atoms with Crippen molar-refractivity contribution in [3.05, 3.63) is 62.6 Å². The van der Waals surface area contributed by atoms with Crippen molar-refractivity contribution in [3.63, 3.8) is 0 Å². The van der Waals surface area contributed by atoms with E-state index < -0.39 is 18.3 Å². The third kappa shape index (κ3) is 2.50. The van der Waals surface area contributed by atoms with E-state index in [1.807, 2.05) is 19.1 Å². The topological polar surface area (TPSA) is 12.0 Å². The molecule has 1 heterocycles. The molecule has 3 unspecified atom stereocenters. The first kappa shape index (κ1) is 11.7. The van der Waals surface area contributed by atoms with E-state index in [-0.39, 0.29) is 0 Å². The number of nitrogens with one attached hydrogen (secondary N) is 1. The van der Waals surface area contributed by atoms with E-state index in [0.717, 1.165) is 5.56 Å². The minimum Gasteiger partial charge on any atom is -0.384 e. The fraction of sp³-hybridized carbons (Fsp3) is 0.250. The fourth-order valence-electron chi connectivity index (χ4n) is 2.40. The van der Waals surface area contributed by atoms with E-state index in [1.54, 1.807) is 24.3 Å². The number of hydrogen-bond acceptors (Lipinski definition) is 1. The van der Waals surface area contributed by atoms with Crippen molar-refractivity contribution in [2.45, 2.75) is 18.7 Å². The van der Waals surface area contributed by atoms with Gasteiger partial charge in [-0.15, -0.1) is 0 Å². The molecule has 1 aliphatic rings. The van der Waals surface area contributed by atoms with Crippen LogP contribution in [-0.2, 0) is 11.8 Å². The highest BCUT2D eigenvalue weighted by atomic mass is 35.5. The highest BCUT2D eigenvalue weighted by Gasteiger charge is 2.32. The second-order valence-corrected chi connectivity index (χ2v) is 6.35. The molecule has 104 valence electrons. The molecular weight excluding hydrogens is 313 g/mol. The average molecular weight is 329 g/mol. The Kier molecular flexibility index (Phi) is 3.02. The zero-order chi connectivity index (χ0) is 16.1. The SMILES string of the molecule is [2H]C1Nc2cc(Cl)cc(Cl)c2C([2H])C1(C)c1ccc(Cl)cc1. The molecule has 0 saturated carbocycles. The Labute approximate surface area is 136 Å². The minimum atomic E-state index is -0.755. The molecule has 0 bridgehead atoms. The van der Waals surface area contributed by atoms with Gasteiger partial charge >= 0.3 is 0 Å². The van der Waals surface area contributed by atoms with Gasteiger partial charge < -0.3 is 5.32 Å². The molecule has 1 nitrogen and oxygen atoms in total. The Morgan fingerprint density at radius 3 is 2.50 bits per heavy atom. The third-order valence-electron chi connectivity index (χ3n) is 3.53. The van der Waals surface area contributed by atoms with Crippen molar-refractivity contribution in [1.29, 1.82) is 0 Å². The maximum Gasteiger partial charge on any atom is 0.0499 e. The van der Waals surface area contributed by atoms with Gasteiger partial charge in [0.05, 0.1) is 0 Å². The number of hydrogen-bond donors (Lipinski definition) is 1. The van der Waals surface area contributed by atoms with Gasteiger partial charge in [-0.25, -0.2) is 0 Å². The van der Waals surface area contributed by atoms with Gasteiger partial charge in [0.25, 0.3) is 0 Å². The van der Waals surface area contributed by atoms with Crippen LogP contribution in [0.1, 0.15) is 20.8 Å². The summed E-state index contributed by atoms with van der Waals surface area (Å²) in [6.07, 6.45) is -0.683. The number of benzene rings is 2. The molecule has 2 aromatic rings. The van der Waals surface area contributed by atoms with Gasteiger partial charge in [0.15, 0.2) is 0 Å². The molecule has 0 radical (unpaired) electrons. The summed E-state index contributed by atoms with van der Waals surface area (Å²) in [6, 6.07) is 10.6. The normalized spacial score (nSPS) is 30.0. The molecule has 0 fully saturated rings. The number of anilines is 1. The Bertz CT molecular complexity index is 720. The molecule has 3 rings (SSSR count). The first-order valence-electron chi connectivity index (χ1n) is 7.35. The van der Waals surface area contributed by atoms with Crippen LogP contribution in [0.25, 0.3) is 0 Å². The molecule has 4 heteroatoms. The lowest BCUT2D eigenvalue weighted by Crippen LogP contribution is -2.37. The predicted molar refractivity (Wildman–Crippen MR) is 87.5 cm³/mol. The number of rotatable bonds is 1. The summed E-state index contributed by atoms with van der Waals surface area (Å²) in [6.45, 7) is 1.20. The maximum absolute atomic E-state index is 8.72. The van der Waals surface area contributed by atoms with Crippen molar-refractivity contribution >= 4 is 40.5 Å². The van der Waals surface area contributed by atoms with E-state index >= 15 is 0 Å². The summed E-state index contributed by atoms with van der Waals surface area (Å²) in [7, 11) is 0. The van der Waals surface area contributed by atoms with Crippen LogP contribution in [-0.4, -0.2) is 6.52 Å². The third-order valence-corrected chi connectivity index (χ3v) is 4.32. The highest BCUT2D eigenvalue weighted by Crippen LogP contribution is 2.40. The molecule has 0 aromatic heterocycles. The molecule has 1 aliphatic heterocycles. The predicted octanol–water partition coefficient (Wildman–Crippen LogP) is 5.57. The van der Waals surface area contributed by atoms with Crippen LogP contribution in [0, 0.1) is 0 Å². The first-order valence-corrected chi connectivity index (χ1v) is 7.33. The largest absolute Gasteiger partial charge is 0.384 e. The van der Waals surface area contributed by atoms with Gasteiger partial charge in [-0.1, -0.05) is 53.9 Å². The van der Waals surface area contributed by atoms with Crippen LogP contribution in [0.3, 0.4) is 0 Å². The van der Waals surface area contributed by atoms with Crippen molar-refractivity contribution in [2.24, 2.45) is 0 Å². The lowest BCUT2D eigenvalue weighted by Gasteiger charge is -2.37. The molecule has 20 heavy (non-hydrogen) atoms. The molecule has 2 aromatic carbocycles. The second kappa shape index (κ2) is 5.14. The quantitative estimate of drug-likeness (QED) is 0.721. The van der Waals surface area contributed by atoms with Crippen LogP contribution in [0.15, 0.2) is 36.4 Å². The summed E-state index contributed by atoms with van der Waals surface area (Å²) >= 11 is 18.3. The van der Waals surface area contributed by atoms with Gasteiger partial charge in [-0.2, -0.15) is 0 Å². The van der Waals surface area contributed by atoms with Crippen molar-refractivity contribution < 1.29 is 2.74 Å². The standard InChI is InChI=1S/C16H14Cl3N/c1-16(10-2-4-11(17)5-3-10)8-13-14(19)6-12(18)7-15(13)20-9-16/h2-7,20H,8-9H2,1H3/i8D,9D. The summed E-state index contributed by atoms with van der Waals surface area (Å²) in [5.41, 5.74) is 1.45. The van der Waals surface area contributed by atoms with Gasteiger partial charge in [0.2, 0.25) is 0 Å². The Balaban J connectivity index is 2.16. The van der Waals surface area contributed by atoms with Crippen LogP contribution < -0.4 is 5.32 Å². The zero-order valence-corrected chi connectivity index (χ0v) is 13.0. The monoisotopic (exact) mass is 327 g/mol. The van der Waals surface area contributed by atoms with E-state index in [4.69, 9.17) is 37.5 Å². The first-order chi connectivity index (χ1) is 10.3. The maximum atomic E-state index is 8.72. The van der Waals surface area contributed by atoms with Crippen LogP contribution >= 0.6 is 34.8 Å². The van der Waals surface area contributed by atoms with E-state index in [2.05, 4.69) is 5.32 Å². The summed E-state index contributed by atoms with van der Waals surface area (Å²) in [4.78, 5) is 0. The summed E-state index contributed by atoms with van der Waals surface area (Å²) < 4.78 is 17.2. The van der Waals surface area contributed by atoms with Gasteiger partial charge in [-0.05, 0) is 41.8 Å². The molecule has 0 aliphatic carbocycles. The molecule has 1 N–H and O–H groups in total. The Morgan fingerprint density at radius 1 is 1.10 bits per heavy atom. The average Bonchev–Trinajstić information content (AvgIpc) is 2.44. The lowest BCUT2D eigenvalue weighted by atomic mass is 9.75. The molecule has 0 amide bonds. The molecule has 0 spiro atoms. The van der Waals surface area contributed by atoms with E-state index in [1.165, 1.54) is 0 Å². The Morgan fingerprint density at radius 2 is 1.80 bits per heavy atom. The second-order valence-electron chi connectivity index (χ2n) is 5.07. The molecular formula is C16H14Cl3N. The number of fused-ring (bicyclic) bond motifs is 1. The van der Waals surface area contributed by atoms with Crippen molar-refractivity contribution in [1.82, 2.24) is 0 Å². The van der Waals surface area contributed by atoms with E-state index in [0.29, 0.717) is 26.3 Å². The van der Waals surface area contributed by atoms with Crippen molar-refractivity contribution in [3.8, 4) is 0 Å². The van der Waals surface area contributed by atoms with Crippen LogP contribution in [0.2, 0.25) is 15.1 Å². The van der Waals surface area contributed by atoms with Gasteiger partial charge in [0.1, 0.15) is 0 Å². The summed E-state index contributed by atoms with van der Waals surface area (Å²) in [5.74, 6) is 0. The van der Waals surface area contributed by atoms with Crippen molar-refractivity contribution in [2.75, 3.05) is 11.8 Å². The minimum absolute atomic E-state index is 0.446. The Hall–Kier alpha value is -0.890. The van der Waals surface area contributed by atoms with Gasteiger partial charge in [-0.3, -0.25) is 0 Å². The molecule has 3 atom stereocenters.